The molecule has 3 saturated heterocycles. The fraction of sp³-hybridized carbons (Fsp3) is 0.577. The number of piperazine rings is 1. The zero-order valence-electron chi connectivity index (χ0n) is 19.2. The van der Waals surface area contributed by atoms with E-state index in [1.165, 1.54) is 11.3 Å². The number of carbonyl (C=O) groups excluding carboxylic acids is 1. The van der Waals surface area contributed by atoms with Crippen molar-refractivity contribution in [2.24, 2.45) is 5.41 Å². The highest BCUT2D eigenvalue weighted by Crippen LogP contribution is 2.44. The summed E-state index contributed by atoms with van der Waals surface area (Å²) in [7, 11) is 0. The van der Waals surface area contributed by atoms with Gasteiger partial charge in [0.2, 0.25) is 0 Å². The number of likely N-dealkylation sites (tertiary alicyclic amines) is 1. The molecule has 6 nitrogen and oxygen atoms in total. The van der Waals surface area contributed by atoms with E-state index in [0.717, 1.165) is 83.8 Å². The van der Waals surface area contributed by atoms with Crippen LogP contribution in [0.1, 0.15) is 37.0 Å². The van der Waals surface area contributed by atoms with E-state index in [0.29, 0.717) is 0 Å². The lowest BCUT2D eigenvalue weighted by Gasteiger charge is -2.37. The summed E-state index contributed by atoms with van der Waals surface area (Å²) in [6, 6.07) is 12.8. The summed E-state index contributed by atoms with van der Waals surface area (Å²) in [5, 5.41) is 0. The monoisotopic (exact) mass is 437 g/mol. The highest BCUT2D eigenvalue weighted by molar-refractivity contribution is 5.79. The van der Waals surface area contributed by atoms with Crippen LogP contribution < -0.4 is 4.90 Å². The summed E-state index contributed by atoms with van der Waals surface area (Å²) < 4.78 is 11.4. The Balaban J connectivity index is 1.06. The molecule has 32 heavy (non-hydrogen) atoms. The molecule has 0 amide bonds. The number of anilines is 1. The van der Waals surface area contributed by atoms with E-state index in [1.807, 2.05) is 12.1 Å². The minimum Gasteiger partial charge on any atom is -0.468 e. The zero-order chi connectivity index (χ0) is 22.0. The third kappa shape index (κ3) is 4.71. The molecule has 3 aliphatic rings. The van der Waals surface area contributed by atoms with Crippen LogP contribution >= 0.6 is 0 Å². The molecule has 2 aromatic rings. The quantitative estimate of drug-likeness (QED) is 0.643. The Kier molecular flexibility index (Phi) is 6.24. The maximum Gasteiger partial charge on any atom is 0.312 e. The van der Waals surface area contributed by atoms with E-state index < -0.39 is 0 Å². The lowest BCUT2D eigenvalue weighted by atomic mass is 9.75. The van der Waals surface area contributed by atoms with Crippen molar-refractivity contribution in [2.75, 3.05) is 50.7 Å². The summed E-state index contributed by atoms with van der Waals surface area (Å²) in [5.41, 5.74) is 2.37. The zero-order valence-corrected chi connectivity index (χ0v) is 19.2. The van der Waals surface area contributed by atoms with Gasteiger partial charge in [0.25, 0.3) is 0 Å². The van der Waals surface area contributed by atoms with E-state index in [4.69, 9.17) is 9.15 Å². The summed E-state index contributed by atoms with van der Waals surface area (Å²) in [6.45, 7) is 10.1. The van der Waals surface area contributed by atoms with Crippen LogP contribution in [0.25, 0.3) is 0 Å². The van der Waals surface area contributed by atoms with E-state index in [2.05, 4.69) is 45.9 Å². The molecular formula is C26H35N3O3. The number of carbonyl (C=O) groups is 1. The SMILES string of the molecule is Cc1ccc(N2CCN(CCC3CC4(CCN(Cc5ccco5)CC4)C(=O)O3)CC2)cc1. The Morgan fingerprint density at radius 1 is 0.969 bits per heavy atom. The minimum atomic E-state index is -0.255. The largest absolute Gasteiger partial charge is 0.468 e. The van der Waals surface area contributed by atoms with Crippen LogP contribution in [-0.4, -0.2) is 67.7 Å². The predicted octanol–water partition coefficient (Wildman–Crippen LogP) is 3.70. The lowest BCUT2D eigenvalue weighted by molar-refractivity contribution is -0.151. The summed E-state index contributed by atoms with van der Waals surface area (Å²) in [5.74, 6) is 1.04. The van der Waals surface area contributed by atoms with Crippen LogP contribution in [-0.2, 0) is 16.1 Å². The van der Waals surface area contributed by atoms with Crippen molar-refractivity contribution in [3.05, 3.63) is 54.0 Å². The predicted molar refractivity (Wildman–Crippen MR) is 125 cm³/mol. The lowest BCUT2D eigenvalue weighted by Crippen LogP contribution is -2.47. The number of ether oxygens (including phenoxy) is 1. The molecule has 0 radical (unpaired) electrons. The second-order valence-electron chi connectivity index (χ2n) is 9.82. The number of hydrogen-bond acceptors (Lipinski definition) is 6. The van der Waals surface area contributed by atoms with E-state index in [9.17, 15) is 4.79 Å². The number of furan rings is 1. The van der Waals surface area contributed by atoms with Crippen LogP contribution in [0.4, 0.5) is 5.69 Å². The van der Waals surface area contributed by atoms with Crippen LogP contribution in [0.15, 0.2) is 47.1 Å². The van der Waals surface area contributed by atoms with E-state index in [-0.39, 0.29) is 17.5 Å². The Morgan fingerprint density at radius 3 is 2.41 bits per heavy atom. The molecule has 1 aromatic carbocycles. The van der Waals surface area contributed by atoms with Crippen LogP contribution in [0.5, 0.6) is 0 Å². The van der Waals surface area contributed by atoms with Crippen molar-refractivity contribution < 1.29 is 13.9 Å². The molecule has 4 heterocycles. The Bertz CT molecular complexity index is 880. The van der Waals surface area contributed by atoms with E-state index in [1.54, 1.807) is 6.26 Å². The van der Waals surface area contributed by atoms with Gasteiger partial charge >= 0.3 is 5.97 Å². The van der Waals surface area contributed by atoms with Gasteiger partial charge in [-0.25, -0.2) is 0 Å². The molecule has 1 spiro atoms. The van der Waals surface area contributed by atoms with Crippen molar-refractivity contribution >= 4 is 11.7 Å². The van der Waals surface area contributed by atoms with Gasteiger partial charge in [0, 0.05) is 44.8 Å². The molecule has 5 rings (SSSR count). The Morgan fingerprint density at radius 2 is 1.72 bits per heavy atom. The Hall–Kier alpha value is -2.31. The number of nitrogens with zero attached hydrogens (tertiary/aromatic N) is 3. The average molecular weight is 438 g/mol. The molecule has 6 heteroatoms. The minimum absolute atomic E-state index is 0.0457. The molecule has 0 aliphatic carbocycles. The molecule has 0 saturated carbocycles. The number of cyclic esters (lactones) is 1. The van der Waals surface area contributed by atoms with Crippen molar-refractivity contribution in [3.63, 3.8) is 0 Å². The van der Waals surface area contributed by atoms with Gasteiger partial charge in [0.1, 0.15) is 11.9 Å². The molecule has 172 valence electrons. The van der Waals surface area contributed by atoms with Gasteiger partial charge in [-0.05, 0) is 63.5 Å². The fourth-order valence-electron chi connectivity index (χ4n) is 5.48. The Labute approximate surface area is 191 Å². The van der Waals surface area contributed by atoms with Gasteiger partial charge in [-0.15, -0.1) is 0 Å². The second-order valence-corrected chi connectivity index (χ2v) is 9.82. The first-order valence-electron chi connectivity index (χ1n) is 12.1. The maximum absolute atomic E-state index is 12.8. The van der Waals surface area contributed by atoms with Crippen molar-refractivity contribution in [1.29, 1.82) is 0 Å². The molecule has 1 aromatic heterocycles. The van der Waals surface area contributed by atoms with Gasteiger partial charge in [0.05, 0.1) is 18.2 Å². The first-order valence-corrected chi connectivity index (χ1v) is 12.1. The van der Waals surface area contributed by atoms with Gasteiger partial charge in [0.15, 0.2) is 0 Å². The van der Waals surface area contributed by atoms with Crippen molar-refractivity contribution in [1.82, 2.24) is 9.80 Å². The van der Waals surface area contributed by atoms with Crippen LogP contribution in [0.2, 0.25) is 0 Å². The van der Waals surface area contributed by atoms with Gasteiger partial charge in [-0.2, -0.15) is 0 Å². The number of esters is 1. The average Bonchev–Trinajstić information content (AvgIpc) is 3.43. The molecule has 0 N–H and O–H groups in total. The number of piperidine rings is 1. The van der Waals surface area contributed by atoms with Gasteiger partial charge in [-0.1, -0.05) is 17.7 Å². The smallest absolute Gasteiger partial charge is 0.312 e. The number of rotatable bonds is 6. The molecule has 0 bridgehead atoms. The van der Waals surface area contributed by atoms with Crippen molar-refractivity contribution in [2.45, 2.75) is 45.3 Å². The molecular weight excluding hydrogens is 402 g/mol. The maximum atomic E-state index is 12.8. The first kappa shape index (κ1) is 21.5. The first-order chi connectivity index (χ1) is 15.6. The summed E-state index contributed by atoms with van der Waals surface area (Å²) in [6.07, 6.45) is 5.45. The molecule has 1 atom stereocenters. The number of hydrogen-bond donors (Lipinski definition) is 0. The normalized spacial score (nSPS) is 24.2. The highest BCUT2D eigenvalue weighted by Gasteiger charge is 2.50. The second kappa shape index (κ2) is 9.28. The molecule has 3 aliphatic heterocycles. The number of benzene rings is 1. The third-order valence-electron chi connectivity index (χ3n) is 7.64. The standard InChI is InChI=1S/C26H35N3O3/c1-21-4-6-22(7-5-21)29-16-14-27(15-17-29)11-8-23-19-26(25(30)32-23)9-12-28(13-10-26)20-24-3-2-18-31-24/h2-7,18,23H,8-17,19-20H2,1H3. The number of aryl methyl sites for hydroxylation is 1. The molecule has 1 unspecified atom stereocenters. The van der Waals surface area contributed by atoms with Crippen molar-refractivity contribution in [3.8, 4) is 0 Å². The third-order valence-corrected chi connectivity index (χ3v) is 7.64. The molecule has 3 fully saturated rings. The van der Waals surface area contributed by atoms with Gasteiger partial charge < -0.3 is 14.1 Å². The topological polar surface area (TPSA) is 49.2 Å². The summed E-state index contributed by atoms with van der Waals surface area (Å²) >= 11 is 0. The van der Waals surface area contributed by atoms with Gasteiger partial charge in [-0.3, -0.25) is 14.6 Å². The summed E-state index contributed by atoms with van der Waals surface area (Å²) in [4.78, 5) is 20.2. The van der Waals surface area contributed by atoms with E-state index >= 15 is 0 Å². The highest BCUT2D eigenvalue weighted by atomic mass is 16.6. The fourth-order valence-corrected chi connectivity index (χ4v) is 5.48. The van der Waals surface area contributed by atoms with Crippen LogP contribution in [0.3, 0.4) is 0 Å². The van der Waals surface area contributed by atoms with Crippen LogP contribution in [0, 0.1) is 12.3 Å².